The number of hydrogen-bond acceptors (Lipinski definition) is 3. The number of carbonyl (C=O) groups is 1. The van der Waals surface area contributed by atoms with Crippen molar-refractivity contribution >= 4 is 38.4 Å². The quantitative estimate of drug-likeness (QED) is 0.867. The largest absolute Gasteiger partial charge is 0.372 e. The summed E-state index contributed by atoms with van der Waals surface area (Å²) in [5.74, 6) is 0.440. The Balaban J connectivity index is 2.14. The second kappa shape index (κ2) is 6.89. The highest BCUT2D eigenvalue weighted by Gasteiger charge is 2.14. The Morgan fingerprint density at radius 3 is 2.81 bits per heavy atom. The number of amides is 1. The number of fused-ring (bicyclic) bond motifs is 1. The number of nitrogens with one attached hydrogen (secondary N) is 2. The van der Waals surface area contributed by atoms with Gasteiger partial charge in [0.2, 0.25) is 5.91 Å². The zero-order valence-electron chi connectivity index (χ0n) is 12.5. The topological polar surface area (TPSA) is 54.0 Å². The molecule has 0 aliphatic carbocycles. The zero-order chi connectivity index (χ0) is 15.4. The predicted molar refractivity (Wildman–Crippen MR) is 90.4 cm³/mol. The molecule has 0 aliphatic heterocycles. The molecular formula is C16H20BrN3O. The second-order valence-electron chi connectivity index (χ2n) is 5.54. The molecule has 0 spiro atoms. The number of anilines is 1. The number of benzene rings is 1. The summed E-state index contributed by atoms with van der Waals surface area (Å²) in [7, 11) is 0. The first kappa shape index (κ1) is 15.8. The van der Waals surface area contributed by atoms with Gasteiger partial charge in [-0.25, -0.2) is 0 Å². The van der Waals surface area contributed by atoms with Gasteiger partial charge in [0.05, 0.1) is 11.2 Å². The SMILES string of the molecule is CC(C)CNC(=O)C(C)Nc1cccc2cc(Br)cnc12. The Hall–Kier alpha value is -1.62. The van der Waals surface area contributed by atoms with Crippen LogP contribution >= 0.6 is 15.9 Å². The molecule has 2 N–H and O–H groups in total. The Labute approximate surface area is 133 Å². The number of rotatable bonds is 5. The molecule has 5 heteroatoms. The first-order valence-electron chi connectivity index (χ1n) is 7.06. The number of carbonyl (C=O) groups excluding carboxylic acids is 1. The van der Waals surface area contributed by atoms with Crippen molar-refractivity contribution in [1.82, 2.24) is 10.3 Å². The van der Waals surface area contributed by atoms with Crippen LogP contribution in [0, 0.1) is 5.92 Å². The van der Waals surface area contributed by atoms with Crippen LogP contribution in [0.15, 0.2) is 34.9 Å². The van der Waals surface area contributed by atoms with Crippen LogP contribution in [0.25, 0.3) is 10.9 Å². The van der Waals surface area contributed by atoms with E-state index in [0.29, 0.717) is 12.5 Å². The van der Waals surface area contributed by atoms with E-state index in [-0.39, 0.29) is 11.9 Å². The van der Waals surface area contributed by atoms with E-state index in [1.54, 1.807) is 6.20 Å². The summed E-state index contributed by atoms with van der Waals surface area (Å²) in [5.41, 5.74) is 1.73. The van der Waals surface area contributed by atoms with Gasteiger partial charge >= 0.3 is 0 Å². The molecule has 0 fully saturated rings. The smallest absolute Gasteiger partial charge is 0.242 e. The fraction of sp³-hybridized carbons (Fsp3) is 0.375. The minimum atomic E-state index is -0.306. The highest BCUT2D eigenvalue weighted by atomic mass is 79.9. The van der Waals surface area contributed by atoms with Crippen molar-refractivity contribution in [3.63, 3.8) is 0 Å². The Kier molecular flexibility index (Phi) is 5.17. The number of nitrogens with zero attached hydrogens (tertiary/aromatic N) is 1. The maximum absolute atomic E-state index is 12.0. The number of aromatic nitrogens is 1. The monoisotopic (exact) mass is 349 g/mol. The van der Waals surface area contributed by atoms with Crippen molar-refractivity contribution in [3.8, 4) is 0 Å². The standard InChI is InChI=1S/C16H20BrN3O/c1-10(2)8-19-16(21)11(3)20-14-6-4-5-12-7-13(17)9-18-15(12)14/h4-7,9-11,20H,8H2,1-3H3,(H,19,21). The molecule has 2 rings (SSSR count). The molecule has 0 saturated heterocycles. The number of halogens is 1. The third-order valence-electron chi connectivity index (χ3n) is 3.13. The number of pyridine rings is 1. The van der Waals surface area contributed by atoms with Crippen LogP contribution in [0.5, 0.6) is 0 Å². The van der Waals surface area contributed by atoms with Crippen LogP contribution < -0.4 is 10.6 Å². The van der Waals surface area contributed by atoms with E-state index in [1.165, 1.54) is 0 Å². The van der Waals surface area contributed by atoms with E-state index in [9.17, 15) is 4.79 Å². The van der Waals surface area contributed by atoms with Gasteiger partial charge in [-0.05, 0) is 40.9 Å². The average molecular weight is 350 g/mol. The summed E-state index contributed by atoms with van der Waals surface area (Å²) in [4.78, 5) is 16.5. The molecule has 4 nitrogen and oxygen atoms in total. The Bertz CT molecular complexity index is 642. The predicted octanol–water partition coefficient (Wildman–Crippen LogP) is 3.57. The third-order valence-corrected chi connectivity index (χ3v) is 3.56. The van der Waals surface area contributed by atoms with Crippen LogP contribution in [0.3, 0.4) is 0 Å². The fourth-order valence-electron chi connectivity index (χ4n) is 2.01. The Morgan fingerprint density at radius 1 is 1.33 bits per heavy atom. The third kappa shape index (κ3) is 4.17. The van der Waals surface area contributed by atoms with Crippen molar-refractivity contribution in [2.45, 2.75) is 26.8 Å². The van der Waals surface area contributed by atoms with E-state index in [0.717, 1.165) is 21.1 Å². The van der Waals surface area contributed by atoms with Crippen molar-refractivity contribution in [2.24, 2.45) is 5.92 Å². The maximum atomic E-state index is 12.0. The highest BCUT2D eigenvalue weighted by Crippen LogP contribution is 2.24. The maximum Gasteiger partial charge on any atom is 0.242 e. The van der Waals surface area contributed by atoms with Crippen LogP contribution in [0.2, 0.25) is 0 Å². The van der Waals surface area contributed by atoms with Crippen molar-refractivity contribution in [2.75, 3.05) is 11.9 Å². The molecule has 21 heavy (non-hydrogen) atoms. The molecule has 1 unspecified atom stereocenters. The lowest BCUT2D eigenvalue weighted by Gasteiger charge is -2.17. The average Bonchev–Trinajstić information content (AvgIpc) is 2.44. The van der Waals surface area contributed by atoms with Crippen molar-refractivity contribution in [3.05, 3.63) is 34.9 Å². The molecule has 0 bridgehead atoms. The lowest BCUT2D eigenvalue weighted by molar-refractivity contribution is -0.121. The zero-order valence-corrected chi connectivity index (χ0v) is 14.1. The van der Waals surface area contributed by atoms with E-state index in [4.69, 9.17) is 0 Å². The van der Waals surface area contributed by atoms with Gasteiger partial charge in [0.1, 0.15) is 6.04 Å². The van der Waals surface area contributed by atoms with Gasteiger partial charge in [-0.1, -0.05) is 26.0 Å². The van der Waals surface area contributed by atoms with E-state index in [1.807, 2.05) is 31.2 Å². The molecule has 112 valence electrons. The van der Waals surface area contributed by atoms with E-state index >= 15 is 0 Å². The van der Waals surface area contributed by atoms with Gasteiger partial charge in [0.15, 0.2) is 0 Å². The fourth-order valence-corrected chi connectivity index (χ4v) is 2.36. The molecule has 1 amide bonds. The van der Waals surface area contributed by atoms with Gasteiger partial charge in [-0.2, -0.15) is 0 Å². The van der Waals surface area contributed by atoms with Gasteiger partial charge in [-0.15, -0.1) is 0 Å². The highest BCUT2D eigenvalue weighted by molar-refractivity contribution is 9.10. The molecule has 1 aromatic heterocycles. The second-order valence-corrected chi connectivity index (χ2v) is 6.45. The summed E-state index contributed by atoms with van der Waals surface area (Å²) in [6.07, 6.45) is 1.76. The summed E-state index contributed by atoms with van der Waals surface area (Å²) in [5, 5.41) is 7.20. The minimum Gasteiger partial charge on any atom is -0.372 e. The summed E-state index contributed by atoms with van der Waals surface area (Å²) < 4.78 is 0.940. The van der Waals surface area contributed by atoms with Crippen LogP contribution in [-0.2, 0) is 4.79 Å². The molecule has 0 radical (unpaired) electrons. The van der Waals surface area contributed by atoms with E-state index in [2.05, 4.69) is 45.4 Å². The summed E-state index contributed by atoms with van der Waals surface area (Å²) in [6.45, 7) is 6.69. The van der Waals surface area contributed by atoms with Crippen LogP contribution in [-0.4, -0.2) is 23.5 Å². The molecule has 1 atom stereocenters. The number of para-hydroxylation sites is 1. The minimum absolute atomic E-state index is 0.00202. The van der Waals surface area contributed by atoms with Crippen molar-refractivity contribution < 1.29 is 4.79 Å². The van der Waals surface area contributed by atoms with Crippen LogP contribution in [0.4, 0.5) is 5.69 Å². The summed E-state index contributed by atoms with van der Waals surface area (Å²) in [6, 6.07) is 7.60. The summed E-state index contributed by atoms with van der Waals surface area (Å²) >= 11 is 3.42. The lowest BCUT2D eigenvalue weighted by Crippen LogP contribution is -2.39. The normalized spacial score (nSPS) is 12.4. The van der Waals surface area contributed by atoms with Gasteiger partial charge in [0, 0.05) is 22.6 Å². The first-order chi connectivity index (χ1) is 9.97. The van der Waals surface area contributed by atoms with Gasteiger partial charge in [0.25, 0.3) is 0 Å². The molecule has 0 aliphatic rings. The van der Waals surface area contributed by atoms with E-state index < -0.39 is 0 Å². The Morgan fingerprint density at radius 2 is 2.10 bits per heavy atom. The molecular weight excluding hydrogens is 330 g/mol. The van der Waals surface area contributed by atoms with Crippen LogP contribution in [0.1, 0.15) is 20.8 Å². The first-order valence-corrected chi connectivity index (χ1v) is 7.85. The number of hydrogen-bond donors (Lipinski definition) is 2. The van der Waals surface area contributed by atoms with Gasteiger partial charge < -0.3 is 10.6 Å². The molecule has 0 saturated carbocycles. The molecule has 2 aromatic rings. The van der Waals surface area contributed by atoms with Gasteiger partial charge in [-0.3, -0.25) is 9.78 Å². The lowest BCUT2D eigenvalue weighted by atomic mass is 10.1. The molecule has 1 heterocycles. The molecule has 1 aromatic carbocycles. The van der Waals surface area contributed by atoms with Crippen molar-refractivity contribution in [1.29, 1.82) is 0 Å².